The van der Waals surface area contributed by atoms with E-state index in [-0.39, 0.29) is 12.4 Å². The van der Waals surface area contributed by atoms with E-state index in [1.165, 1.54) is 13.3 Å². The molecule has 0 aromatic carbocycles. The third-order valence-electron chi connectivity index (χ3n) is 1.43. The first-order valence-corrected chi connectivity index (χ1v) is 4.70. The first-order valence-electron chi connectivity index (χ1n) is 3.47. The highest BCUT2D eigenvalue weighted by Crippen LogP contribution is 2.23. The summed E-state index contributed by atoms with van der Waals surface area (Å²) >= 11 is 9.02. The van der Waals surface area contributed by atoms with Gasteiger partial charge in [-0.2, -0.15) is 0 Å². The standard InChI is InChI=1S/C8H7BrClNO2.ClH/c1-13-8(12)7(10)5-2-6(9)4-11-3-5;/h2-4,7H,1H3;1H. The summed E-state index contributed by atoms with van der Waals surface area (Å²) in [5.41, 5.74) is 0.614. The summed E-state index contributed by atoms with van der Waals surface area (Å²) in [5, 5.41) is -0.796. The number of carbonyl (C=O) groups is 1. The summed E-state index contributed by atoms with van der Waals surface area (Å²) in [7, 11) is 1.29. The number of pyridine rings is 1. The molecule has 0 aliphatic carbocycles. The molecule has 6 heteroatoms. The SMILES string of the molecule is COC(=O)C(Cl)c1cncc(Br)c1.Cl. The van der Waals surface area contributed by atoms with Crippen molar-refractivity contribution >= 4 is 45.9 Å². The lowest BCUT2D eigenvalue weighted by molar-refractivity contribution is -0.140. The number of hydrogen-bond acceptors (Lipinski definition) is 3. The van der Waals surface area contributed by atoms with Crippen LogP contribution in [0.5, 0.6) is 0 Å². The van der Waals surface area contributed by atoms with Gasteiger partial charge in [0, 0.05) is 22.4 Å². The number of esters is 1. The molecule has 1 aromatic heterocycles. The van der Waals surface area contributed by atoms with Gasteiger partial charge >= 0.3 is 5.97 Å². The van der Waals surface area contributed by atoms with E-state index < -0.39 is 11.3 Å². The average molecular weight is 301 g/mol. The molecule has 1 unspecified atom stereocenters. The number of alkyl halides is 1. The number of nitrogens with zero attached hydrogens (tertiary/aromatic N) is 1. The fourth-order valence-corrected chi connectivity index (χ4v) is 1.40. The Morgan fingerprint density at radius 2 is 2.29 bits per heavy atom. The monoisotopic (exact) mass is 299 g/mol. The van der Waals surface area contributed by atoms with Crippen molar-refractivity contribution in [3.05, 3.63) is 28.5 Å². The van der Waals surface area contributed by atoms with E-state index in [1.807, 2.05) is 0 Å². The Morgan fingerprint density at radius 3 is 2.79 bits per heavy atom. The minimum absolute atomic E-state index is 0. The molecule has 0 saturated carbocycles. The lowest BCUT2D eigenvalue weighted by atomic mass is 10.2. The third-order valence-corrected chi connectivity index (χ3v) is 2.29. The highest BCUT2D eigenvalue weighted by Gasteiger charge is 2.18. The van der Waals surface area contributed by atoms with Crippen molar-refractivity contribution in [2.45, 2.75) is 5.38 Å². The number of methoxy groups -OCH3 is 1. The van der Waals surface area contributed by atoms with E-state index in [0.29, 0.717) is 5.56 Å². The largest absolute Gasteiger partial charge is 0.468 e. The van der Waals surface area contributed by atoms with Crippen molar-refractivity contribution < 1.29 is 9.53 Å². The molecule has 0 N–H and O–H groups in total. The van der Waals surface area contributed by atoms with Gasteiger partial charge in [-0.15, -0.1) is 24.0 Å². The lowest BCUT2D eigenvalue weighted by Crippen LogP contribution is -2.08. The first kappa shape index (κ1) is 13.7. The second kappa shape index (κ2) is 6.22. The van der Waals surface area contributed by atoms with E-state index in [9.17, 15) is 4.79 Å². The van der Waals surface area contributed by atoms with Crippen LogP contribution in [-0.2, 0) is 9.53 Å². The van der Waals surface area contributed by atoms with Crippen molar-refractivity contribution in [2.75, 3.05) is 7.11 Å². The van der Waals surface area contributed by atoms with Crippen molar-refractivity contribution in [1.29, 1.82) is 0 Å². The average Bonchev–Trinajstić information content (AvgIpc) is 2.15. The molecule has 0 spiro atoms. The molecule has 0 bridgehead atoms. The Bertz CT molecular complexity index is 322. The Balaban J connectivity index is 0.00000169. The summed E-state index contributed by atoms with van der Waals surface area (Å²) in [4.78, 5) is 14.9. The van der Waals surface area contributed by atoms with Gasteiger partial charge in [0.1, 0.15) is 0 Å². The van der Waals surface area contributed by atoms with Crippen LogP contribution in [0, 0.1) is 0 Å². The fourth-order valence-electron chi connectivity index (χ4n) is 0.806. The van der Waals surface area contributed by atoms with Crippen molar-refractivity contribution in [2.24, 2.45) is 0 Å². The van der Waals surface area contributed by atoms with Gasteiger partial charge in [0.25, 0.3) is 0 Å². The topological polar surface area (TPSA) is 39.2 Å². The molecule has 0 aliphatic rings. The number of ether oxygens (including phenoxy) is 1. The number of halogens is 3. The van der Waals surface area contributed by atoms with Crippen LogP contribution in [0.2, 0.25) is 0 Å². The summed E-state index contributed by atoms with van der Waals surface area (Å²) in [6, 6.07) is 1.72. The van der Waals surface area contributed by atoms with Gasteiger partial charge in [-0.25, -0.2) is 0 Å². The molecule has 0 aliphatic heterocycles. The zero-order valence-electron chi connectivity index (χ0n) is 7.24. The lowest BCUT2D eigenvalue weighted by Gasteiger charge is -2.06. The van der Waals surface area contributed by atoms with E-state index in [1.54, 1.807) is 12.3 Å². The molecule has 3 nitrogen and oxygen atoms in total. The Hall–Kier alpha value is -0.320. The highest BCUT2D eigenvalue weighted by molar-refractivity contribution is 9.10. The summed E-state index contributed by atoms with van der Waals surface area (Å²) in [5.74, 6) is -0.485. The maximum absolute atomic E-state index is 11.0. The fraction of sp³-hybridized carbons (Fsp3) is 0.250. The molecule has 1 rings (SSSR count). The van der Waals surface area contributed by atoms with Crippen molar-refractivity contribution in [3.63, 3.8) is 0 Å². The van der Waals surface area contributed by atoms with Gasteiger partial charge in [-0.05, 0) is 22.0 Å². The summed E-state index contributed by atoms with van der Waals surface area (Å²) in [6.45, 7) is 0. The zero-order valence-corrected chi connectivity index (χ0v) is 10.4. The smallest absolute Gasteiger partial charge is 0.328 e. The third kappa shape index (κ3) is 3.44. The molecular weight excluding hydrogens is 293 g/mol. The molecule has 0 saturated heterocycles. The van der Waals surface area contributed by atoms with Crippen molar-refractivity contribution in [3.8, 4) is 0 Å². The van der Waals surface area contributed by atoms with Crippen LogP contribution in [0.15, 0.2) is 22.9 Å². The predicted molar refractivity (Wildman–Crippen MR) is 59.8 cm³/mol. The highest BCUT2D eigenvalue weighted by atomic mass is 79.9. The van der Waals surface area contributed by atoms with Gasteiger partial charge in [-0.1, -0.05) is 0 Å². The molecule has 0 amide bonds. The molecule has 0 fully saturated rings. The van der Waals surface area contributed by atoms with Gasteiger partial charge in [0.05, 0.1) is 7.11 Å². The van der Waals surface area contributed by atoms with E-state index in [0.717, 1.165) is 4.47 Å². The normalized spacial score (nSPS) is 11.4. The van der Waals surface area contributed by atoms with Crippen LogP contribution >= 0.6 is 39.9 Å². The molecular formula is C8H8BrCl2NO2. The molecule has 0 radical (unpaired) electrons. The molecule has 1 atom stereocenters. The van der Waals surface area contributed by atoms with Gasteiger partial charge in [-0.3, -0.25) is 9.78 Å². The van der Waals surface area contributed by atoms with Crippen LogP contribution in [0.25, 0.3) is 0 Å². The van der Waals surface area contributed by atoms with Gasteiger partial charge in [0.2, 0.25) is 0 Å². The van der Waals surface area contributed by atoms with Crippen LogP contribution in [0.1, 0.15) is 10.9 Å². The number of carbonyl (C=O) groups excluding carboxylic acids is 1. The number of aromatic nitrogens is 1. The quantitative estimate of drug-likeness (QED) is 0.623. The van der Waals surface area contributed by atoms with Gasteiger partial charge < -0.3 is 4.74 Å². The van der Waals surface area contributed by atoms with Crippen LogP contribution in [-0.4, -0.2) is 18.1 Å². The Labute approximate surface area is 101 Å². The second-order valence-corrected chi connectivity index (χ2v) is 3.67. The number of rotatable bonds is 2. The molecule has 1 heterocycles. The maximum atomic E-state index is 11.0. The van der Waals surface area contributed by atoms with Crippen LogP contribution in [0.3, 0.4) is 0 Å². The number of hydrogen-bond donors (Lipinski definition) is 0. The van der Waals surface area contributed by atoms with Gasteiger partial charge in [0.15, 0.2) is 5.38 Å². The Morgan fingerprint density at radius 1 is 1.64 bits per heavy atom. The minimum Gasteiger partial charge on any atom is -0.468 e. The molecule has 78 valence electrons. The maximum Gasteiger partial charge on any atom is 0.328 e. The van der Waals surface area contributed by atoms with Crippen LogP contribution in [0.4, 0.5) is 0 Å². The summed E-state index contributed by atoms with van der Waals surface area (Å²) < 4.78 is 5.27. The summed E-state index contributed by atoms with van der Waals surface area (Å²) in [6.07, 6.45) is 3.14. The molecule has 14 heavy (non-hydrogen) atoms. The second-order valence-electron chi connectivity index (χ2n) is 2.32. The first-order chi connectivity index (χ1) is 6.15. The van der Waals surface area contributed by atoms with E-state index in [2.05, 4.69) is 25.7 Å². The van der Waals surface area contributed by atoms with Crippen molar-refractivity contribution in [1.82, 2.24) is 4.98 Å². The minimum atomic E-state index is -0.796. The Kier molecular flexibility index (Phi) is 6.08. The zero-order chi connectivity index (χ0) is 9.84. The van der Waals surface area contributed by atoms with E-state index in [4.69, 9.17) is 11.6 Å². The molecule has 1 aromatic rings. The predicted octanol–water partition coefficient (Wildman–Crippen LogP) is 2.72. The van der Waals surface area contributed by atoms with Crippen LogP contribution < -0.4 is 0 Å². The van der Waals surface area contributed by atoms with E-state index >= 15 is 0 Å².